The number of rotatable bonds is 4. The number of amides is 1. The highest BCUT2D eigenvalue weighted by Crippen LogP contribution is 2.35. The van der Waals surface area contributed by atoms with Gasteiger partial charge in [-0.05, 0) is 43.7 Å². The summed E-state index contributed by atoms with van der Waals surface area (Å²) in [4.78, 5) is 13.2. The molecule has 0 aromatic heterocycles. The molecule has 0 spiro atoms. The minimum Gasteiger partial charge on any atom is -0.394 e. The molecular formula is C13H17NO2S. The number of carbonyl (C=O) groups is 1. The van der Waals surface area contributed by atoms with Crippen LogP contribution in [0.25, 0.3) is 0 Å². The van der Waals surface area contributed by atoms with Crippen LogP contribution in [0.2, 0.25) is 0 Å². The summed E-state index contributed by atoms with van der Waals surface area (Å²) in [6.07, 6.45) is 3.73. The van der Waals surface area contributed by atoms with Gasteiger partial charge in [0, 0.05) is 10.5 Å². The van der Waals surface area contributed by atoms with Crippen molar-refractivity contribution in [2.24, 2.45) is 0 Å². The molecule has 0 saturated heterocycles. The maximum atomic E-state index is 12.1. The molecule has 0 aliphatic heterocycles. The molecule has 2 rings (SSSR count). The van der Waals surface area contributed by atoms with Crippen molar-refractivity contribution in [2.75, 3.05) is 12.9 Å². The van der Waals surface area contributed by atoms with Gasteiger partial charge < -0.3 is 10.4 Å². The quantitative estimate of drug-likeness (QED) is 0.804. The monoisotopic (exact) mass is 251 g/mol. The third-order valence-corrected chi connectivity index (χ3v) is 3.95. The van der Waals surface area contributed by atoms with E-state index in [4.69, 9.17) is 0 Å². The summed E-state index contributed by atoms with van der Waals surface area (Å²) in [6, 6.07) is 5.87. The Morgan fingerprint density at radius 1 is 1.53 bits per heavy atom. The summed E-state index contributed by atoms with van der Waals surface area (Å²) in [7, 11) is 0. The Labute approximate surface area is 106 Å². The molecule has 1 fully saturated rings. The average Bonchev–Trinajstić information content (AvgIpc) is 3.10. The van der Waals surface area contributed by atoms with Crippen LogP contribution in [-0.2, 0) is 0 Å². The minimum absolute atomic E-state index is 0.0278. The molecule has 1 amide bonds. The standard InChI is InChI=1S/C13H17NO2S/c1-9-3-4-10(17-2)7-11(9)12(16)14-13(8-15)5-6-13/h3-4,7,15H,5-6,8H2,1-2H3,(H,14,16). The van der Waals surface area contributed by atoms with Crippen molar-refractivity contribution in [2.45, 2.75) is 30.2 Å². The number of hydrogen-bond acceptors (Lipinski definition) is 3. The molecule has 0 heterocycles. The van der Waals surface area contributed by atoms with Crippen molar-refractivity contribution in [3.63, 3.8) is 0 Å². The first-order valence-electron chi connectivity index (χ1n) is 5.68. The van der Waals surface area contributed by atoms with Crippen molar-refractivity contribution < 1.29 is 9.90 Å². The Hall–Kier alpha value is -1.00. The second-order valence-corrected chi connectivity index (χ2v) is 5.45. The van der Waals surface area contributed by atoms with Gasteiger partial charge in [0.05, 0.1) is 12.1 Å². The van der Waals surface area contributed by atoms with E-state index in [1.54, 1.807) is 11.8 Å². The SMILES string of the molecule is CSc1ccc(C)c(C(=O)NC2(CO)CC2)c1. The van der Waals surface area contributed by atoms with E-state index >= 15 is 0 Å². The summed E-state index contributed by atoms with van der Waals surface area (Å²) in [5.74, 6) is -0.0787. The molecule has 1 aromatic carbocycles. The zero-order valence-electron chi connectivity index (χ0n) is 10.1. The fraction of sp³-hybridized carbons (Fsp3) is 0.462. The zero-order valence-corrected chi connectivity index (χ0v) is 10.9. The molecule has 0 atom stereocenters. The topological polar surface area (TPSA) is 49.3 Å². The van der Waals surface area contributed by atoms with Gasteiger partial charge in [-0.15, -0.1) is 11.8 Å². The first-order valence-corrected chi connectivity index (χ1v) is 6.91. The lowest BCUT2D eigenvalue weighted by atomic mass is 10.1. The van der Waals surface area contributed by atoms with Crippen molar-refractivity contribution in [1.29, 1.82) is 0 Å². The number of benzene rings is 1. The summed E-state index contributed by atoms with van der Waals surface area (Å²) < 4.78 is 0. The predicted octanol–water partition coefficient (Wildman–Crippen LogP) is 1.97. The molecule has 1 saturated carbocycles. The first kappa shape index (κ1) is 12.5. The average molecular weight is 251 g/mol. The molecule has 92 valence electrons. The molecule has 1 aliphatic carbocycles. The van der Waals surface area contributed by atoms with Crippen LogP contribution in [0.3, 0.4) is 0 Å². The van der Waals surface area contributed by atoms with E-state index in [1.165, 1.54) is 0 Å². The van der Waals surface area contributed by atoms with Crippen LogP contribution in [0.15, 0.2) is 23.1 Å². The van der Waals surface area contributed by atoms with E-state index in [0.717, 1.165) is 23.3 Å². The predicted molar refractivity (Wildman–Crippen MR) is 69.5 cm³/mol. The van der Waals surface area contributed by atoms with Gasteiger partial charge in [-0.1, -0.05) is 6.07 Å². The van der Waals surface area contributed by atoms with E-state index in [-0.39, 0.29) is 18.1 Å². The summed E-state index contributed by atoms with van der Waals surface area (Å²) in [6.45, 7) is 1.96. The Kier molecular flexibility index (Phi) is 3.45. The van der Waals surface area contributed by atoms with Crippen LogP contribution < -0.4 is 5.32 Å². The lowest BCUT2D eigenvalue weighted by Gasteiger charge is -2.15. The largest absolute Gasteiger partial charge is 0.394 e. The van der Waals surface area contributed by atoms with Gasteiger partial charge in [0.2, 0.25) is 0 Å². The summed E-state index contributed by atoms with van der Waals surface area (Å²) in [5.41, 5.74) is 1.32. The van der Waals surface area contributed by atoms with Crippen LogP contribution in [0.1, 0.15) is 28.8 Å². The van der Waals surface area contributed by atoms with Gasteiger partial charge in [-0.3, -0.25) is 4.79 Å². The van der Waals surface area contributed by atoms with E-state index in [2.05, 4.69) is 5.32 Å². The van der Waals surface area contributed by atoms with Gasteiger partial charge in [0.1, 0.15) is 0 Å². The van der Waals surface area contributed by atoms with Crippen LogP contribution in [-0.4, -0.2) is 29.4 Å². The number of aryl methyl sites for hydroxylation is 1. The van der Waals surface area contributed by atoms with Crippen LogP contribution >= 0.6 is 11.8 Å². The van der Waals surface area contributed by atoms with Gasteiger partial charge in [-0.25, -0.2) is 0 Å². The smallest absolute Gasteiger partial charge is 0.252 e. The Morgan fingerprint density at radius 3 is 2.76 bits per heavy atom. The molecule has 4 heteroatoms. The van der Waals surface area contributed by atoms with E-state index < -0.39 is 0 Å². The van der Waals surface area contributed by atoms with E-state index in [9.17, 15) is 9.90 Å². The lowest BCUT2D eigenvalue weighted by molar-refractivity contribution is 0.0906. The molecule has 0 unspecified atom stereocenters. The Bertz CT molecular complexity index is 441. The fourth-order valence-electron chi connectivity index (χ4n) is 1.75. The second kappa shape index (κ2) is 4.70. The summed E-state index contributed by atoms with van der Waals surface area (Å²) in [5, 5.41) is 12.1. The molecule has 1 aliphatic rings. The number of carbonyl (C=O) groups excluding carboxylic acids is 1. The van der Waals surface area contributed by atoms with Crippen LogP contribution in [0.4, 0.5) is 0 Å². The van der Waals surface area contributed by atoms with Crippen LogP contribution in [0, 0.1) is 6.92 Å². The van der Waals surface area contributed by atoms with Gasteiger partial charge in [0.15, 0.2) is 0 Å². The minimum atomic E-state index is -0.348. The van der Waals surface area contributed by atoms with Crippen molar-refractivity contribution in [3.8, 4) is 0 Å². The number of aliphatic hydroxyl groups is 1. The molecule has 1 aromatic rings. The van der Waals surface area contributed by atoms with Crippen molar-refractivity contribution in [1.82, 2.24) is 5.32 Å². The highest BCUT2D eigenvalue weighted by molar-refractivity contribution is 7.98. The molecule has 3 nitrogen and oxygen atoms in total. The van der Waals surface area contributed by atoms with Crippen molar-refractivity contribution >= 4 is 17.7 Å². The summed E-state index contributed by atoms with van der Waals surface area (Å²) >= 11 is 1.62. The molecule has 0 bridgehead atoms. The zero-order chi connectivity index (χ0) is 12.5. The second-order valence-electron chi connectivity index (χ2n) is 4.57. The van der Waals surface area contributed by atoms with Crippen molar-refractivity contribution in [3.05, 3.63) is 29.3 Å². The number of nitrogens with one attached hydrogen (secondary N) is 1. The molecule has 2 N–H and O–H groups in total. The lowest BCUT2D eigenvalue weighted by Crippen LogP contribution is -2.39. The van der Waals surface area contributed by atoms with Gasteiger partial charge >= 0.3 is 0 Å². The van der Waals surface area contributed by atoms with Gasteiger partial charge in [0.25, 0.3) is 5.91 Å². The number of hydrogen-bond donors (Lipinski definition) is 2. The Morgan fingerprint density at radius 2 is 2.24 bits per heavy atom. The first-order chi connectivity index (χ1) is 8.10. The molecule has 0 radical (unpaired) electrons. The molecular weight excluding hydrogens is 234 g/mol. The van der Waals surface area contributed by atoms with E-state index in [0.29, 0.717) is 5.56 Å². The van der Waals surface area contributed by atoms with Crippen LogP contribution in [0.5, 0.6) is 0 Å². The maximum Gasteiger partial charge on any atom is 0.252 e. The number of aliphatic hydroxyl groups excluding tert-OH is 1. The highest BCUT2D eigenvalue weighted by atomic mass is 32.2. The van der Waals surface area contributed by atoms with E-state index in [1.807, 2.05) is 31.4 Å². The third-order valence-electron chi connectivity index (χ3n) is 3.22. The number of thioether (sulfide) groups is 1. The maximum absolute atomic E-state index is 12.1. The fourth-order valence-corrected chi connectivity index (χ4v) is 2.19. The highest BCUT2D eigenvalue weighted by Gasteiger charge is 2.43. The third kappa shape index (κ3) is 2.64. The Balaban J connectivity index is 2.18. The van der Waals surface area contributed by atoms with Gasteiger partial charge in [-0.2, -0.15) is 0 Å². The molecule has 17 heavy (non-hydrogen) atoms. The normalized spacial score (nSPS) is 16.6.